The molecule has 0 aromatic heterocycles. The predicted octanol–water partition coefficient (Wildman–Crippen LogP) is 0.617. The number of carboxylic acid groups (broad SMARTS) is 1. The summed E-state index contributed by atoms with van der Waals surface area (Å²) in [4.78, 5) is 10.6. The average Bonchev–Trinajstić information content (AvgIpc) is 2.52. The summed E-state index contributed by atoms with van der Waals surface area (Å²) in [6.45, 7) is 4.72. The Morgan fingerprint density at radius 2 is 2.46 bits per heavy atom. The van der Waals surface area contributed by atoms with Crippen LogP contribution >= 0.6 is 0 Å². The van der Waals surface area contributed by atoms with E-state index in [0.717, 1.165) is 6.42 Å². The predicted molar refractivity (Wildman–Crippen MR) is 48.7 cm³/mol. The van der Waals surface area contributed by atoms with E-state index >= 15 is 0 Å². The third-order valence-corrected chi connectivity index (χ3v) is 2.39. The van der Waals surface area contributed by atoms with E-state index in [1.165, 1.54) is 0 Å². The van der Waals surface area contributed by atoms with Crippen LogP contribution in [0.1, 0.15) is 26.7 Å². The molecule has 0 aromatic carbocycles. The summed E-state index contributed by atoms with van der Waals surface area (Å²) >= 11 is 0. The van der Waals surface area contributed by atoms with E-state index in [2.05, 4.69) is 12.2 Å². The first-order valence-electron chi connectivity index (χ1n) is 4.75. The molecule has 1 saturated heterocycles. The molecule has 0 bridgehead atoms. The molecule has 76 valence electrons. The number of carboxylic acids is 1. The Labute approximate surface area is 78.3 Å². The van der Waals surface area contributed by atoms with E-state index in [1.54, 1.807) is 0 Å². The third-order valence-electron chi connectivity index (χ3n) is 2.39. The molecule has 0 spiro atoms. The maximum atomic E-state index is 10.6. The van der Waals surface area contributed by atoms with Crippen LogP contribution in [0.15, 0.2) is 0 Å². The number of hydrogen-bond donors (Lipinski definition) is 2. The second-order valence-electron chi connectivity index (χ2n) is 3.51. The molecule has 1 unspecified atom stereocenters. The van der Waals surface area contributed by atoms with Crippen LogP contribution in [-0.2, 0) is 9.53 Å². The zero-order valence-corrected chi connectivity index (χ0v) is 8.12. The van der Waals surface area contributed by atoms with Crippen LogP contribution in [0.25, 0.3) is 0 Å². The first kappa shape index (κ1) is 10.5. The van der Waals surface area contributed by atoms with Gasteiger partial charge < -0.3 is 15.2 Å². The molecule has 0 amide bonds. The van der Waals surface area contributed by atoms with Gasteiger partial charge in [0.25, 0.3) is 0 Å². The van der Waals surface area contributed by atoms with Crippen molar-refractivity contribution in [2.45, 2.75) is 44.9 Å². The summed E-state index contributed by atoms with van der Waals surface area (Å²) in [5.74, 6) is -0.782. The highest BCUT2D eigenvalue weighted by atomic mass is 16.5. The van der Waals surface area contributed by atoms with E-state index < -0.39 is 12.0 Å². The SMILES string of the molecule is CCC(C)O[C@@H]1CN[C@H](C(=O)O)C1. The average molecular weight is 187 g/mol. The first-order valence-corrected chi connectivity index (χ1v) is 4.75. The molecule has 1 rings (SSSR count). The minimum Gasteiger partial charge on any atom is -0.480 e. The number of ether oxygens (including phenoxy) is 1. The van der Waals surface area contributed by atoms with Gasteiger partial charge in [-0.15, -0.1) is 0 Å². The molecule has 13 heavy (non-hydrogen) atoms. The lowest BCUT2D eigenvalue weighted by Crippen LogP contribution is -2.30. The van der Waals surface area contributed by atoms with Gasteiger partial charge in [-0.1, -0.05) is 6.92 Å². The van der Waals surface area contributed by atoms with Crippen molar-refractivity contribution in [2.75, 3.05) is 6.54 Å². The fourth-order valence-corrected chi connectivity index (χ4v) is 1.42. The number of aliphatic carboxylic acids is 1. The summed E-state index contributed by atoms with van der Waals surface area (Å²) in [5.41, 5.74) is 0. The van der Waals surface area contributed by atoms with Gasteiger partial charge in [0.05, 0.1) is 12.2 Å². The Morgan fingerprint density at radius 1 is 1.77 bits per heavy atom. The largest absolute Gasteiger partial charge is 0.480 e. The Balaban J connectivity index is 2.29. The quantitative estimate of drug-likeness (QED) is 0.677. The fraction of sp³-hybridized carbons (Fsp3) is 0.889. The summed E-state index contributed by atoms with van der Waals surface area (Å²) in [6, 6.07) is -0.422. The second kappa shape index (κ2) is 4.58. The van der Waals surface area contributed by atoms with E-state index in [9.17, 15) is 4.79 Å². The summed E-state index contributed by atoms with van der Waals surface area (Å²) in [6.07, 6.45) is 1.84. The Kier molecular flexibility index (Phi) is 3.69. The van der Waals surface area contributed by atoms with Crippen LogP contribution in [0.3, 0.4) is 0 Å². The van der Waals surface area contributed by atoms with Crippen molar-refractivity contribution in [3.05, 3.63) is 0 Å². The van der Waals surface area contributed by atoms with Gasteiger partial charge in [0.2, 0.25) is 0 Å². The zero-order chi connectivity index (χ0) is 9.84. The van der Waals surface area contributed by atoms with Crippen molar-refractivity contribution < 1.29 is 14.6 Å². The van der Waals surface area contributed by atoms with Crippen LogP contribution < -0.4 is 5.32 Å². The molecule has 1 aliphatic heterocycles. The maximum absolute atomic E-state index is 10.6. The molecule has 3 atom stereocenters. The number of rotatable bonds is 4. The van der Waals surface area contributed by atoms with Crippen LogP contribution in [0.4, 0.5) is 0 Å². The zero-order valence-electron chi connectivity index (χ0n) is 8.12. The highest BCUT2D eigenvalue weighted by molar-refractivity contribution is 5.73. The van der Waals surface area contributed by atoms with Gasteiger partial charge >= 0.3 is 5.97 Å². The van der Waals surface area contributed by atoms with Gasteiger partial charge in [-0.05, 0) is 13.3 Å². The van der Waals surface area contributed by atoms with Crippen molar-refractivity contribution in [1.29, 1.82) is 0 Å². The van der Waals surface area contributed by atoms with Gasteiger partial charge in [0.15, 0.2) is 0 Å². The minimum atomic E-state index is -0.782. The highest BCUT2D eigenvalue weighted by Gasteiger charge is 2.30. The van der Waals surface area contributed by atoms with Crippen LogP contribution in [0.2, 0.25) is 0 Å². The molecular weight excluding hydrogens is 170 g/mol. The molecule has 2 N–H and O–H groups in total. The normalized spacial score (nSPS) is 30.3. The smallest absolute Gasteiger partial charge is 0.320 e. The highest BCUT2D eigenvalue weighted by Crippen LogP contribution is 2.13. The summed E-state index contributed by atoms with van der Waals surface area (Å²) in [5, 5.41) is 11.6. The van der Waals surface area contributed by atoms with Crippen molar-refractivity contribution in [3.63, 3.8) is 0 Å². The maximum Gasteiger partial charge on any atom is 0.320 e. The minimum absolute atomic E-state index is 0.0658. The molecule has 0 aromatic rings. The lowest BCUT2D eigenvalue weighted by atomic mass is 10.2. The van der Waals surface area contributed by atoms with Crippen molar-refractivity contribution in [1.82, 2.24) is 5.32 Å². The molecule has 0 aliphatic carbocycles. The van der Waals surface area contributed by atoms with Crippen molar-refractivity contribution >= 4 is 5.97 Å². The van der Waals surface area contributed by atoms with Crippen LogP contribution in [0, 0.1) is 0 Å². The lowest BCUT2D eigenvalue weighted by molar-refractivity contribution is -0.139. The standard InChI is InChI=1S/C9H17NO3/c1-3-6(2)13-7-4-8(9(11)12)10-5-7/h6-8,10H,3-5H2,1-2H3,(H,11,12)/t6?,7-,8-/m0/s1. The number of carbonyl (C=O) groups is 1. The number of nitrogens with one attached hydrogen (secondary N) is 1. The molecule has 1 heterocycles. The number of hydrogen-bond acceptors (Lipinski definition) is 3. The van der Waals surface area contributed by atoms with E-state index in [4.69, 9.17) is 9.84 Å². The van der Waals surface area contributed by atoms with Gasteiger partial charge in [-0.2, -0.15) is 0 Å². The third kappa shape index (κ3) is 2.97. The van der Waals surface area contributed by atoms with Crippen molar-refractivity contribution in [3.8, 4) is 0 Å². The molecule has 1 fully saturated rings. The molecule has 0 radical (unpaired) electrons. The Hall–Kier alpha value is -0.610. The second-order valence-corrected chi connectivity index (χ2v) is 3.51. The monoisotopic (exact) mass is 187 g/mol. The first-order chi connectivity index (χ1) is 6.13. The Bertz CT molecular complexity index is 184. The van der Waals surface area contributed by atoms with E-state index in [1.807, 2.05) is 6.92 Å². The molecule has 1 aliphatic rings. The molecular formula is C9H17NO3. The summed E-state index contributed by atoms with van der Waals surface area (Å²) < 4.78 is 5.62. The summed E-state index contributed by atoms with van der Waals surface area (Å²) in [7, 11) is 0. The van der Waals surface area contributed by atoms with Crippen molar-refractivity contribution in [2.24, 2.45) is 0 Å². The topological polar surface area (TPSA) is 58.6 Å². The molecule has 4 heteroatoms. The molecule has 0 saturated carbocycles. The lowest BCUT2D eigenvalue weighted by Gasteiger charge is -2.15. The Morgan fingerprint density at radius 3 is 2.92 bits per heavy atom. The van der Waals surface area contributed by atoms with Gasteiger partial charge in [0.1, 0.15) is 6.04 Å². The van der Waals surface area contributed by atoms with Gasteiger partial charge in [-0.3, -0.25) is 4.79 Å². The van der Waals surface area contributed by atoms with Crippen LogP contribution in [-0.4, -0.2) is 35.9 Å². The fourth-order valence-electron chi connectivity index (χ4n) is 1.42. The van der Waals surface area contributed by atoms with E-state index in [0.29, 0.717) is 13.0 Å². The van der Waals surface area contributed by atoms with E-state index in [-0.39, 0.29) is 12.2 Å². The molecule has 4 nitrogen and oxygen atoms in total. The van der Waals surface area contributed by atoms with Crippen LogP contribution in [0.5, 0.6) is 0 Å². The van der Waals surface area contributed by atoms with Gasteiger partial charge in [-0.25, -0.2) is 0 Å². The van der Waals surface area contributed by atoms with Gasteiger partial charge in [0, 0.05) is 13.0 Å².